The van der Waals surface area contributed by atoms with Gasteiger partial charge in [0, 0.05) is 23.2 Å². The van der Waals surface area contributed by atoms with Crippen molar-refractivity contribution in [1.82, 2.24) is 0 Å². The van der Waals surface area contributed by atoms with Crippen LogP contribution in [0.5, 0.6) is 11.5 Å². The lowest BCUT2D eigenvalue weighted by atomic mass is 9.81. The molecule has 0 bridgehead atoms. The van der Waals surface area contributed by atoms with Crippen LogP contribution >= 0.6 is 0 Å². The van der Waals surface area contributed by atoms with Crippen molar-refractivity contribution in [3.8, 4) is 11.5 Å². The summed E-state index contributed by atoms with van der Waals surface area (Å²) in [4.78, 5) is 8.78. The number of oxime groups is 1. The van der Waals surface area contributed by atoms with E-state index in [9.17, 15) is 0 Å². The lowest BCUT2D eigenvalue weighted by molar-refractivity contribution is -0.190. The summed E-state index contributed by atoms with van der Waals surface area (Å²) in [5.74, 6) is 1.70. The first kappa shape index (κ1) is 25.4. The van der Waals surface area contributed by atoms with Crippen LogP contribution in [0.15, 0.2) is 58.8 Å². The van der Waals surface area contributed by atoms with E-state index >= 15 is 0 Å². The summed E-state index contributed by atoms with van der Waals surface area (Å²) in [7, 11) is 1.66. The van der Waals surface area contributed by atoms with Crippen LogP contribution in [0.25, 0.3) is 10.4 Å². The van der Waals surface area contributed by atoms with Crippen molar-refractivity contribution < 1.29 is 19.0 Å². The Kier molecular flexibility index (Phi) is 8.49. The Hall–Kier alpha value is -3.22. The molecule has 8 heteroatoms. The predicted molar refractivity (Wildman–Crippen MR) is 142 cm³/mol. The Morgan fingerprint density at radius 3 is 2.54 bits per heavy atom. The van der Waals surface area contributed by atoms with Crippen molar-refractivity contribution in [3.63, 3.8) is 0 Å². The smallest absolute Gasteiger partial charge is 0.228 e. The third-order valence-corrected chi connectivity index (χ3v) is 7.86. The summed E-state index contributed by atoms with van der Waals surface area (Å²) in [6.07, 6.45) is 9.39. The Labute approximate surface area is 218 Å². The summed E-state index contributed by atoms with van der Waals surface area (Å²) in [6, 6.07) is 16.6. The van der Waals surface area contributed by atoms with Gasteiger partial charge in [-0.05, 0) is 67.3 Å². The maximum Gasteiger partial charge on any atom is 0.228 e. The average molecular weight is 505 g/mol. The second-order valence-electron chi connectivity index (χ2n) is 10.2. The molecule has 1 aliphatic heterocycles. The fraction of sp³-hybridized carbons (Fsp3) is 0.552. The van der Waals surface area contributed by atoms with Crippen molar-refractivity contribution >= 4 is 5.71 Å². The molecule has 37 heavy (non-hydrogen) atoms. The molecule has 2 aromatic rings. The molecule has 0 saturated heterocycles. The summed E-state index contributed by atoms with van der Waals surface area (Å²) < 4.78 is 18.5. The van der Waals surface area contributed by atoms with Crippen molar-refractivity contribution in [3.05, 3.63) is 70.1 Å². The number of azide groups is 1. The number of benzene rings is 2. The lowest BCUT2D eigenvalue weighted by Crippen LogP contribution is -2.36. The zero-order valence-electron chi connectivity index (χ0n) is 21.5. The van der Waals surface area contributed by atoms with Crippen LogP contribution in [0.1, 0.15) is 80.8 Å². The molecule has 0 N–H and O–H groups in total. The van der Waals surface area contributed by atoms with E-state index in [4.69, 9.17) is 24.6 Å². The largest absolute Gasteiger partial charge is 0.493 e. The summed E-state index contributed by atoms with van der Waals surface area (Å²) in [5.41, 5.74) is 12.0. The second kappa shape index (κ2) is 12.3. The highest BCUT2D eigenvalue weighted by molar-refractivity contribution is 5.93. The molecule has 0 radical (unpaired) electrons. The van der Waals surface area contributed by atoms with Gasteiger partial charge in [-0.1, -0.05) is 59.5 Å². The molecule has 0 spiro atoms. The fourth-order valence-electron chi connectivity index (χ4n) is 5.94. The minimum Gasteiger partial charge on any atom is -0.493 e. The van der Waals surface area contributed by atoms with Crippen molar-refractivity contribution in [2.45, 2.75) is 88.1 Å². The van der Waals surface area contributed by atoms with Crippen LogP contribution in [0.3, 0.4) is 0 Å². The monoisotopic (exact) mass is 504 g/mol. The highest BCUT2D eigenvalue weighted by atomic mass is 16.8. The van der Waals surface area contributed by atoms with Gasteiger partial charge in [-0.3, -0.25) is 0 Å². The third kappa shape index (κ3) is 6.20. The summed E-state index contributed by atoms with van der Waals surface area (Å²) >= 11 is 0. The third-order valence-electron chi connectivity index (χ3n) is 7.86. The van der Waals surface area contributed by atoms with Crippen LogP contribution in [0, 0.1) is 0 Å². The van der Waals surface area contributed by atoms with Crippen LogP contribution < -0.4 is 9.47 Å². The molecule has 3 aliphatic rings. The van der Waals surface area contributed by atoms with Crippen LogP contribution in [-0.4, -0.2) is 37.9 Å². The zero-order chi connectivity index (χ0) is 25.5. The van der Waals surface area contributed by atoms with Gasteiger partial charge in [-0.15, -0.1) is 0 Å². The van der Waals surface area contributed by atoms with Gasteiger partial charge in [0.15, 0.2) is 11.5 Å². The maximum atomic E-state index is 8.93. The molecule has 196 valence electrons. The van der Waals surface area contributed by atoms with E-state index in [0.29, 0.717) is 18.1 Å². The lowest BCUT2D eigenvalue weighted by Gasteiger charge is -2.36. The predicted octanol–water partition coefficient (Wildman–Crippen LogP) is 7.26. The molecule has 1 heterocycles. The zero-order valence-corrected chi connectivity index (χ0v) is 21.5. The molecular weight excluding hydrogens is 468 g/mol. The Bertz CT molecular complexity index is 1110. The van der Waals surface area contributed by atoms with E-state index in [2.05, 4.69) is 45.5 Å². The Morgan fingerprint density at radius 2 is 1.76 bits per heavy atom. The Balaban J connectivity index is 1.37. The van der Waals surface area contributed by atoms with Gasteiger partial charge in [0.1, 0.15) is 0 Å². The molecule has 5 rings (SSSR count). The van der Waals surface area contributed by atoms with Gasteiger partial charge in [0.05, 0.1) is 31.6 Å². The fourth-order valence-corrected chi connectivity index (χ4v) is 5.94. The molecule has 2 fully saturated rings. The van der Waals surface area contributed by atoms with Crippen LogP contribution in [-0.2, 0) is 9.57 Å². The van der Waals surface area contributed by atoms with E-state index in [1.165, 1.54) is 24.8 Å². The number of nitrogens with zero attached hydrogens (tertiary/aromatic N) is 4. The van der Waals surface area contributed by atoms with E-state index in [1.54, 1.807) is 7.11 Å². The van der Waals surface area contributed by atoms with Gasteiger partial charge in [-0.2, -0.15) is 0 Å². The maximum absolute atomic E-state index is 8.93. The topological polar surface area (TPSA) is 98.0 Å². The highest BCUT2D eigenvalue weighted by Crippen LogP contribution is 2.40. The normalized spacial score (nSPS) is 26.0. The first-order valence-corrected chi connectivity index (χ1v) is 13.5. The summed E-state index contributed by atoms with van der Waals surface area (Å²) in [6.45, 7) is 0.148. The molecule has 0 aromatic heterocycles. The molecule has 0 amide bonds. The molecule has 2 aliphatic carbocycles. The number of methoxy groups -OCH3 is 1. The number of hydrogen-bond donors (Lipinski definition) is 0. The molecule has 8 nitrogen and oxygen atoms in total. The van der Waals surface area contributed by atoms with Gasteiger partial charge in [0.25, 0.3) is 0 Å². The van der Waals surface area contributed by atoms with E-state index in [0.717, 1.165) is 49.2 Å². The van der Waals surface area contributed by atoms with Crippen molar-refractivity contribution in [1.29, 1.82) is 0 Å². The molecule has 4 atom stereocenters. The van der Waals surface area contributed by atoms with E-state index in [-0.39, 0.29) is 24.7 Å². The molecule has 2 saturated carbocycles. The average Bonchev–Trinajstić information content (AvgIpc) is 3.46. The second-order valence-corrected chi connectivity index (χ2v) is 10.2. The quantitative estimate of drug-likeness (QED) is 0.204. The number of rotatable bonds is 9. The van der Waals surface area contributed by atoms with Crippen LogP contribution in [0.4, 0.5) is 0 Å². The molecule has 0 unspecified atom stereocenters. The van der Waals surface area contributed by atoms with Gasteiger partial charge in [0.2, 0.25) is 6.29 Å². The minimum absolute atomic E-state index is 0.0767. The van der Waals surface area contributed by atoms with Crippen molar-refractivity contribution in [2.24, 2.45) is 10.3 Å². The molecular formula is C29H36N4O4. The van der Waals surface area contributed by atoms with Gasteiger partial charge < -0.3 is 19.0 Å². The van der Waals surface area contributed by atoms with Gasteiger partial charge >= 0.3 is 0 Å². The Morgan fingerprint density at radius 1 is 0.973 bits per heavy atom. The SMILES string of the molecule is COc1ccc([C@H]2C[C@H](O[C@@H]3CCCC[C@H]3c3ccccc3)ON=C2CN=[N+]=[N-])cc1OC1CCCC1. The standard InChI is InChI=1S/C29H36N4O4/c1-34-27-16-15-21(17-28(27)35-22-11-5-6-12-22)24-18-29(37-32-25(24)19-31-33-30)36-26-14-8-7-13-23(26)20-9-3-2-4-10-20/h2-4,9-10,15-17,22-24,26,29H,5-8,11-14,18-19H2,1H3/t23-,24+,26+,29+/m0/s1. The van der Waals surface area contributed by atoms with E-state index < -0.39 is 6.29 Å². The number of ether oxygens (including phenoxy) is 3. The first-order chi connectivity index (χ1) is 18.2. The van der Waals surface area contributed by atoms with Gasteiger partial charge in [-0.25, -0.2) is 0 Å². The molecule has 2 aromatic carbocycles. The summed E-state index contributed by atoms with van der Waals surface area (Å²) in [5, 5.41) is 8.18. The first-order valence-electron chi connectivity index (χ1n) is 13.5. The van der Waals surface area contributed by atoms with E-state index in [1.807, 2.05) is 18.2 Å². The minimum atomic E-state index is -0.476. The highest BCUT2D eigenvalue weighted by Gasteiger charge is 2.35. The van der Waals surface area contributed by atoms with Crippen LogP contribution in [0.2, 0.25) is 0 Å². The number of hydrogen-bond acceptors (Lipinski definition) is 6. The van der Waals surface area contributed by atoms with Crippen molar-refractivity contribution in [2.75, 3.05) is 13.7 Å².